The van der Waals surface area contributed by atoms with E-state index in [0.717, 1.165) is 5.69 Å². The highest BCUT2D eigenvalue weighted by atomic mass is 35.5. The van der Waals surface area contributed by atoms with E-state index >= 15 is 0 Å². The molecule has 190 valence electrons. The maximum Gasteiger partial charge on any atom is 0.402 e. The molecular formula is C21H24ClF6N3O3. The molecule has 0 spiro atoms. The lowest BCUT2D eigenvalue weighted by Crippen LogP contribution is -2.53. The van der Waals surface area contributed by atoms with E-state index in [2.05, 4.69) is 10.2 Å². The lowest BCUT2D eigenvalue weighted by Gasteiger charge is -2.32. The van der Waals surface area contributed by atoms with Gasteiger partial charge in [0.1, 0.15) is 6.04 Å². The normalized spacial score (nSPS) is 28.5. The molecule has 13 heteroatoms. The fraction of sp³-hybridized carbons (Fsp3) is 0.667. The summed E-state index contributed by atoms with van der Waals surface area (Å²) in [5.74, 6) is -7.12. The molecule has 4 atom stereocenters. The maximum absolute atomic E-state index is 13.4. The molecule has 6 nitrogen and oxygen atoms in total. The van der Waals surface area contributed by atoms with Crippen molar-refractivity contribution in [2.45, 2.75) is 31.0 Å². The number of ether oxygens (including phenoxy) is 1. The smallest absolute Gasteiger partial charge is 0.402 e. The van der Waals surface area contributed by atoms with Gasteiger partial charge in [-0.25, -0.2) is 0 Å². The molecule has 3 saturated heterocycles. The second-order valence-electron chi connectivity index (χ2n) is 8.97. The second kappa shape index (κ2) is 9.36. The fourth-order valence-corrected chi connectivity index (χ4v) is 5.61. The molecule has 3 aliphatic heterocycles. The quantitative estimate of drug-likeness (QED) is 0.586. The highest BCUT2D eigenvalue weighted by molar-refractivity contribution is 6.31. The molecule has 4 unspecified atom stereocenters. The van der Waals surface area contributed by atoms with Gasteiger partial charge in [-0.1, -0.05) is 17.7 Å². The number of morpholine rings is 1. The average Bonchev–Trinajstić information content (AvgIpc) is 3.28. The minimum absolute atomic E-state index is 0.0507. The third kappa shape index (κ3) is 5.09. The Kier molecular flexibility index (Phi) is 6.98. The van der Waals surface area contributed by atoms with Gasteiger partial charge in [0.05, 0.1) is 13.2 Å². The highest BCUT2D eigenvalue weighted by Gasteiger charge is 2.66. The van der Waals surface area contributed by atoms with Crippen LogP contribution in [0.25, 0.3) is 0 Å². The Hall–Kier alpha value is -1.76. The van der Waals surface area contributed by atoms with Crippen molar-refractivity contribution in [2.24, 2.45) is 17.8 Å². The summed E-state index contributed by atoms with van der Waals surface area (Å²) in [7, 11) is 0. The predicted octanol–water partition coefficient (Wildman–Crippen LogP) is 3.39. The lowest BCUT2D eigenvalue weighted by molar-refractivity contribution is -0.293. The van der Waals surface area contributed by atoms with Gasteiger partial charge >= 0.3 is 18.3 Å². The van der Waals surface area contributed by atoms with Gasteiger partial charge in [0.25, 0.3) is 0 Å². The van der Waals surface area contributed by atoms with Crippen molar-refractivity contribution in [1.82, 2.24) is 10.2 Å². The molecule has 0 amide bonds. The van der Waals surface area contributed by atoms with Crippen LogP contribution in [0.4, 0.5) is 32.0 Å². The highest BCUT2D eigenvalue weighted by Crippen LogP contribution is 2.48. The number of nitrogens with zero attached hydrogens (tertiary/aromatic N) is 2. The number of carbonyl (C=O) groups is 1. The average molecular weight is 516 g/mol. The Morgan fingerprint density at radius 1 is 1.12 bits per heavy atom. The molecule has 3 aliphatic rings. The van der Waals surface area contributed by atoms with E-state index in [9.17, 15) is 36.2 Å². The number of hydrogen-bond acceptors (Lipinski definition) is 5. The van der Waals surface area contributed by atoms with Crippen molar-refractivity contribution in [2.75, 3.05) is 44.3 Å². The Morgan fingerprint density at radius 2 is 1.74 bits per heavy atom. The first-order valence-corrected chi connectivity index (χ1v) is 11.2. The summed E-state index contributed by atoms with van der Waals surface area (Å²) in [4.78, 5) is 15.4. The molecule has 0 radical (unpaired) electrons. The van der Waals surface area contributed by atoms with Crippen LogP contribution in [-0.2, 0) is 16.1 Å². The number of hydrogen-bond donors (Lipinski definition) is 2. The zero-order valence-electron chi connectivity index (χ0n) is 17.9. The van der Waals surface area contributed by atoms with Crippen LogP contribution in [0.1, 0.15) is 5.56 Å². The molecule has 1 aromatic rings. The van der Waals surface area contributed by atoms with E-state index in [1.807, 2.05) is 6.07 Å². The summed E-state index contributed by atoms with van der Waals surface area (Å²) in [6.07, 6.45) is -11.1. The fourth-order valence-electron chi connectivity index (χ4n) is 5.37. The van der Waals surface area contributed by atoms with Crippen LogP contribution >= 0.6 is 11.6 Å². The molecular weight excluding hydrogens is 492 g/mol. The van der Waals surface area contributed by atoms with E-state index in [1.54, 1.807) is 17.0 Å². The number of likely N-dealkylation sites (tertiary alicyclic amines) is 1. The number of fused-ring (bicyclic) bond motifs is 1. The molecule has 3 fully saturated rings. The molecule has 2 N–H and O–H groups in total. The third-order valence-electron chi connectivity index (χ3n) is 6.89. The molecule has 0 bridgehead atoms. The van der Waals surface area contributed by atoms with Crippen molar-refractivity contribution in [3.8, 4) is 0 Å². The summed E-state index contributed by atoms with van der Waals surface area (Å²) < 4.78 is 85.7. The van der Waals surface area contributed by atoms with Crippen molar-refractivity contribution in [3.63, 3.8) is 0 Å². The standard InChI is InChI=1S/C21H24ClF6N3O3/c22-15-7-12(31-3-5-34-6-4-31)2-1-11(15)8-30-9-13-14(10-30)17(19(32)33)29-16(13)18(20(23,24)25)21(26,27)28/h1-2,7,13-14,16-18,29H,3-6,8-10H2,(H,32,33). The first-order chi connectivity index (χ1) is 15.9. The van der Waals surface area contributed by atoms with Gasteiger partial charge in [0, 0.05) is 55.4 Å². The van der Waals surface area contributed by atoms with Crippen molar-refractivity contribution in [3.05, 3.63) is 28.8 Å². The Labute approximate surface area is 196 Å². The van der Waals surface area contributed by atoms with Gasteiger partial charge in [-0.05, 0) is 23.6 Å². The van der Waals surface area contributed by atoms with Gasteiger partial charge in [0.2, 0.25) is 0 Å². The topological polar surface area (TPSA) is 65.0 Å². The van der Waals surface area contributed by atoms with Crippen molar-refractivity contribution in [1.29, 1.82) is 0 Å². The minimum Gasteiger partial charge on any atom is -0.480 e. The van der Waals surface area contributed by atoms with Crippen LogP contribution in [-0.4, -0.2) is 79.8 Å². The molecule has 1 aromatic carbocycles. The second-order valence-corrected chi connectivity index (χ2v) is 9.37. The minimum atomic E-state index is -5.56. The zero-order valence-corrected chi connectivity index (χ0v) is 18.6. The molecule has 0 aromatic heterocycles. The number of rotatable bonds is 5. The number of nitrogens with one attached hydrogen (secondary N) is 1. The van der Waals surface area contributed by atoms with Crippen LogP contribution in [0.2, 0.25) is 5.02 Å². The largest absolute Gasteiger partial charge is 0.480 e. The zero-order chi connectivity index (χ0) is 24.8. The van der Waals surface area contributed by atoms with E-state index in [4.69, 9.17) is 16.3 Å². The summed E-state index contributed by atoms with van der Waals surface area (Å²) in [5, 5.41) is 12.0. The van der Waals surface area contributed by atoms with E-state index in [-0.39, 0.29) is 19.6 Å². The Bertz CT molecular complexity index is 895. The Morgan fingerprint density at radius 3 is 2.29 bits per heavy atom. The summed E-state index contributed by atoms with van der Waals surface area (Å²) in [5.41, 5.74) is 1.56. The van der Waals surface area contributed by atoms with Crippen molar-refractivity contribution >= 4 is 23.3 Å². The molecule has 0 aliphatic carbocycles. The number of carboxylic acid groups (broad SMARTS) is 1. The Balaban J connectivity index is 1.52. The van der Waals surface area contributed by atoms with E-state index < -0.39 is 48.2 Å². The molecule has 0 saturated carbocycles. The van der Waals surface area contributed by atoms with Crippen LogP contribution in [0, 0.1) is 17.8 Å². The third-order valence-corrected chi connectivity index (χ3v) is 7.24. The van der Waals surface area contributed by atoms with Gasteiger partial charge in [-0.2, -0.15) is 26.3 Å². The molecule has 4 rings (SSSR count). The number of benzene rings is 1. The van der Waals surface area contributed by atoms with Gasteiger partial charge < -0.3 is 20.1 Å². The summed E-state index contributed by atoms with van der Waals surface area (Å²) in [6, 6.07) is 1.84. The number of halogens is 7. The van der Waals surface area contributed by atoms with Crippen LogP contribution in [0.3, 0.4) is 0 Å². The van der Waals surface area contributed by atoms with Gasteiger partial charge in [-0.15, -0.1) is 0 Å². The van der Waals surface area contributed by atoms with Crippen LogP contribution in [0.5, 0.6) is 0 Å². The predicted molar refractivity (Wildman–Crippen MR) is 111 cm³/mol. The first-order valence-electron chi connectivity index (χ1n) is 10.8. The monoisotopic (exact) mass is 515 g/mol. The van der Waals surface area contributed by atoms with Crippen LogP contribution < -0.4 is 10.2 Å². The van der Waals surface area contributed by atoms with Crippen molar-refractivity contribution < 1.29 is 41.0 Å². The first kappa shape index (κ1) is 25.3. The number of carboxylic acids is 1. The number of aliphatic carboxylic acids is 1. The SMILES string of the molecule is O=C(O)C1NC(C(C(F)(F)F)C(F)(F)F)C2CN(Cc3ccc(N4CCOCC4)cc3Cl)CC12. The summed E-state index contributed by atoms with van der Waals surface area (Å²) >= 11 is 6.44. The van der Waals surface area contributed by atoms with Gasteiger partial charge in [-0.3, -0.25) is 9.69 Å². The number of alkyl halides is 6. The molecule has 3 heterocycles. The molecule has 34 heavy (non-hydrogen) atoms. The summed E-state index contributed by atoms with van der Waals surface area (Å²) in [6.45, 7) is 2.73. The lowest BCUT2D eigenvalue weighted by atomic mass is 9.84. The maximum atomic E-state index is 13.4. The van der Waals surface area contributed by atoms with Gasteiger partial charge in [0.15, 0.2) is 5.92 Å². The van der Waals surface area contributed by atoms with Crippen LogP contribution in [0.15, 0.2) is 18.2 Å². The van der Waals surface area contributed by atoms with E-state index in [1.165, 1.54) is 0 Å². The van der Waals surface area contributed by atoms with E-state index in [0.29, 0.717) is 36.9 Å². The number of anilines is 1.